The first-order chi connectivity index (χ1) is 15.6. The van der Waals surface area contributed by atoms with Crippen molar-refractivity contribution in [2.45, 2.75) is 32.7 Å². The van der Waals surface area contributed by atoms with Crippen molar-refractivity contribution in [1.82, 2.24) is 9.88 Å². The molecule has 4 rings (SSSR count). The molecule has 168 valence electrons. The lowest BCUT2D eigenvalue weighted by Gasteiger charge is -2.36. The second kappa shape index (κ2) is 10.1. The van der Waals surface area contributed by atoms with E-state index in [2.05, 4.69) is 21.3 Å². The molecule has 0 saturated carbocycles. The molecule has 0 bridgehead atoms. The van der Waals surface area contributed by atoms with Crippen molar-refractivity contribution in [3.8, 4) is 0 Å². The number of nitrogens with one attached hydrogen (secondary N) is 1. The van der Waals surface area contributed by atoms with E-state index in [0.29, 0.717) is 6.61 Å². The van der Waals surface area contributed by atoms with Crippen LogP contribution in [0.2, 0.25) is 0 Å². The lowest BCUT2D eigenvalue weighted by atomic mass is 9.93. The number of nitrogens with zero attached hydrogens (tertiary/aromatic N) is 2. The third kappa shape index (κ3) is 4.92. The molecule has 32 heavy (non-hydrogen) atoms. The van der Waals surface area contributed by atoms with Gasteiger partial charge in [0.1, 0.15) is 5.00 Å². The molecule has 4 heterocycles. The van der Waals surface area contributed by atoms with Gasteiger partial charge in [0.15, 0.2) is 5.76 Å². The lowest BCUT2D eigenvalue weighted by molar-refractivity contribution is -0.149. The fourth-order valence-corrected chi connectivity index (χ4v) is 5.08. The van der Waals surface area contributed by atoms with Crippen LogP contribution < -0.4 is 5.32 Å². The summed E-state index contributed by atoms with van der Waals surface area (Å²) in [6.45, 7) is 5.75. The maximum Gasteiger partial charge on any atom is 0.309 e. The van der Waals surface area contributed by atoms with E-state index in [1.54, 1.807) is 18.3 Å². The van der Waals surface area contributed by atoms with E-state index in [1.807, 2.05) is 32.0 Å². The van der Waals surface area contributed by atoms with Gasteiger partial charge < -0.3 is 14.5 Å². The molecule has 1 N–H and O–H groups in total. The number of aryl methyl sites for hydroxylation is 1. The van der Waals surface area contributed by atoms with Crippen molar-refractivity contribution in [3.05, 3.63) is 70.8 Å². The molecule has 0 unspecified atom stereocenters. The summed E-state index contributed by atoms with van der Waals surface area (Å²) in [6, 6.07) is 11.2. The zero-order valence-electron chi connectivity index (χ0n) is 18.2. The summed E-state index contributed by atoms with van der Waals surface area (Å²) in [4.78, 5) is 32.9. The van der Waals surface area contributed by atoms with Crippen molar-refractivity contribution < 1.29 is 18.7 Å². The Balaban J connectivity index is 1.61. The van der Waals surface area contributed by atoms with Crippen molar-refractivity contribution in [1.29, 1.82) is 0 Å². The van der Waals surface area contributed by atoms with Crippen LogP contribution in [0, 0.1) is 12.8 Å². The normalized spacial score (nSPS) is 15.9. The van der Waals surface area contributed by atoms with Crippen molar-refractivity contribution in [2.75, 3.05) is 25.0 Å². The topological polar surface area (TPSA) is 84.7 Å². The highest BCUT2D eigenvalue weighted by atomic mass is 32.1. The number of esters is 1. The van der Waals surface area contributed by atoms with Gasteiger partial charge in [0.05, 0.1) is 30.5 Å². The molecule has 1 aliphatic heterocycles. The average molecular weight is 454 g/mol. The zero-order chi connectivity index (χ0) is 22.5. The summed E-state index contributed by atoms with van der Waals surface area (Å²) in [6.07, 6.45) is 4.74. The number of amides is 1. The number of piperidine rings is 1. The van der Waals surface area contributed by atoms with Crippen molar-refractivity contribution >= 4 is 28.2 Å². The molecule has 0 radical (unpaired) electrons. The Morgan fingerprint density at radius 1 is 1.28 bits per heavy atom. The van der Waals surface area contributed by atoms with E-state index in [1.165, 1.54) is 17.6 Å². The molecule has 7 nitrogen and oxygen atoms in total. The number of pyridine rings is 1. The number of carbonyl (C=O) groups is 2. The van der Waals surface area contributed by atoms with E-state index in [4.69, 9.17) is 9.15 Å². The Morgan fingerprint density at radius 2 is 2.09 bits per heavy atom. The summed E-state index contributed by atoms with van der Waals surface area (Å²) < 4.78 is 10.5. The number of furan rings is 1. The number of thiophene rings is 1. The van der Waals surface area contributed by atoms with Crippen LogP contribution in [0.25, 0.3) is 0 Å². The minimum Gasteiger partial charge on any atom is -0.466 e. The lowest BCUT2D eigenvalue weighted by Crippen LogP contribution is -2.40. The van der Waals surface area contributed by atoms with Gasteiger partial charge in [-0.15, -0.1) is 11.3 Å². The van der Waals surface area contributed by atoms with Gasteiger partial charge in [-0.25, -0.2) is 0 Å². The Bertz CT molecular complexity index is 1040. The first kappa shape index (κ1) is 22.2. The molecule has 0 aliphatic carbocycles. The van der Waals surface area contributed by atoms with E-state index >= 15 is 0 Å². The van der Waals surface area contributed by atoms with Crippen molar-refractivity contribution in [2.24, 2.45) is 5.92 Å². The van der Waals surface area contributed by atoms with Crippen LogP contribution in [-0.2, 0) is 9.53 Å². The predicted molar refractivity (Wildman–Crippen MR) is 123 cm³/mol. The number of hydrogen-bond donors (Lipinski definition) is 1. The number of likely N-dealkylation sites (tertiary alicyclic amines) is 1. The highest BCUT2D eigenvalue weighted by molar-refractivity contribution is 7.16. The van der Waals surface area contributed by atoms with Crippen LogP contribution in [-0.4, -0.2) is 41.5 Å². The van der Waals surface area contributed by atoms with Crippen LogP contribution in [0.15, 0.2) is 53.3 Å². The van der Waals surface area contributed by atoms with Crippen LogP contribution in [0.3, 0.4) is 0 Å². The van der Waals surface area contributed by atoms with Gasteiger partial charge in [-0.3, -0.25) is 19.5 Å². The van der Waals surface area contributed by atoms with Gasteiger partial charge in [-0.05, 0) is 70.1 Å². The van der Waals surface area contributed by atoms with Gasteiger partial charge >= 0.3 is 5.97 Å². The molecule has 1 fully saturated rings. The summed E-state index contributed by atoms with van der Waals surface area (Å²) >= 11 is 1.54. The number of hydrogen-bond acceptors (Lipinski definition) is 7. The minimum absolute atomic E-state index is 0.0714. The van der Waals surface area contributed by atoms with E-state index in [0.717, 1.165) is 47.1 Å². The quantitative estimate of drug-likeness (QED) is 0.524. The molecule has 0 aromatic carbocycles. The fourth-order valence-electron chi connectivity index (χ4n) is 4.14. The molecule has 1 saturated heterocycles. The number of rotatable bonds is 7. The van der Waals surface area contributed by atoms with Crippen LogP contribution >= 0.6 is 11.3 Å². The second-order valence-corrected chi connectivity index (χ2v) is 9.05. The Hall–Kier alpha value is -2.97. The van der Waals surface area contributed by atoms with E-state index in [9.17, 15) is 9.59 Å². The Kier molecular flexibility index (Phi) is 7.02. The van der Waals surface area contributed by atoms with Gasteiger partial charge in [-0.2, -0.15) is 0 Å². The average Bonchev–Trinajstić information content (AvgIpc) is 3.46. The predicted octanol–water partition coefficient (Wildman–Crippen LogP) is 4.66. The maximum atomic E-state index is 12.7. The molecule has 1 aliphatic rings. The van der Waals surface area contributed by atoms with E-state index < -0.39 is 0 Å². The molecule has 3 aromatic heterocycles. The SMILES string of the molecule is CCOC(=O)C1CCN([C@H](c2ccccn2)c2cc(C)sc2NC(=O)c2ccco2)CC1. The fraction of sp³-hybridized carbons (Fsp3) is 0.375. The molecule has 0 spiro atoms. The third-order valence-electron chi connectivity index (χ3n) is 5.63. The second-order valence-electron chi connectivity index (χ2n) is 7.79. The monoisotopic (exact) mass is 453 g/mol. The number of carbonyl (C=O) groups excluding carboxylic acids is 2. The van der Waals surface area contributed by atoms with Gasteiger partial charge in [0.2, 0.25) is 0 Å². The molecule has 1 atom stereocenters. The van der Waals surface area contributed by atoms with E-state index in [-0.39, 0.29) is 29.6 Å². The molecular weight excluding hydrogens is 426 g/mol. The standard InChI is InChI=1S/C24H27N3O4S/c1-3-30-24(29)17-9-12-27(13-10-17)21(19-7-4-5-11-25-19)18-15-16(2)32-23(18)26-22(28)20-8-6-14-31-20/h4-8,11,14-15,17,21H,3,9-10,12-13H2,1-2H3,(H,26,28)/t21-/m0/s1. The Labute approximate surface area is 191 Å². The zero-order valence-corrected chi connectivity index (χ0v) is 19.1. The highest BCUT2D eigenvalue weighted by Gasteiger charge is 2.33. The summed E-state index contributed by atoms with van der Waals surface area (Å²) in [5.74, 6) is -0.192. The third-order valence-corrected chi connectivity index (χ3v) is 6.61. The van der Waals surface area contributed by atoms with Crippen LogP contribution in [0.4, 0.5) is 5.00 Å². The van der Waals surface area contributed by atoms with Crippen molar-refractivity contribution in [3.63, 3.8) is 0 Å². The first-order valence-electron chi connectivity index (χ1n) is 10.8. The molecule has 8 heteroatoms. The number of aromatic nitrogens is 1. The molecule has 3 aromatic rings. The Morgan fingerprint density at radius 3 is 2.75 bits per heavy atom. The van der Waals surface area contributed by atoms with Crippen LogP contribution in [0.5, 0.6) is 0 Å². The van der Waals surface area contributed by atoms with Gasteiger partial charge in [0.25, 0.3) is 5.91 Å². The maximum absolute atomic E-state index is 12.7. The summed E-state index contributed by atoms with van der Waals surface area (Å²) in [7, 11) is 0. The molecular formula is C24H27N3O4S. The number of ether oxygens (including phenoxy) is 1. The molecule has 1 amide bonds. The minimum atomic E-state index is -0.279. The van der Waals surface area contributed by atoms with Crippen LogP contribution in [0.1, 0.15) is 52.5 Å². The summed E-state index contributed by atoms with van der Waals surface area (Å²) in [5, 5.41) is 3.81. The van der Waals surface area contributed by atoms with Gasteiger partial charge in [0, 0.05) is 16.6 Å². The summed E-state index contributed by atoms with van der Waals surface area (Å²) in [5.41, 5.74) is 1.91. The highest BCUT2D eigenvalue weighted by Crippen LogP contribution is 2.40. The largest absolute Gasteiger partial charge is 0.466 e. The van der Waals surface area contributed by atoms with Gasteiger partial charge in [-0.1, -0.05) is 6.07 Å². The first-order valence-corrected chi connectivity index (χ1v) is 11.6. The smallest absolute Gasteiger partial charge is 0.309 e. The number of anilines is 1.